The Labute approximate surface area is 179 Å². The number of H-pyrrole nitrogens is 1. The first kappa shape index (κ1) is 20.8. The van der Waals surface area contributed by atoms with Crippen molar-refractivity contribution in [1.82, 2.24) is 15.2 Å². The Morgan fingerprint density at radius 2 is 2.23 bits per heavy atom. The highest BCUT2D eigenvalue weighted by atomic mass is 16.4. The first-order valence-corrected chi connectivity index (χ1v) is 10.3. The molecule has 3 aromatic rings. The third-order valence-corrected chi connectivity index (χ3v) is 5.61. The lowest BCUT2D eigenvalue weighted by molar-refractivity contribution is -0.120. The summed E-state index contributed by atoms with van der Waals surface area (Å²) in [5.41, 5.74) is 3.36. The lowest BCUT2D eigenvalue weighted by Crippen LogP contribution is -2.35. The highest BCUT2D eigenvalue weighted by Gasteiger charge is 2.24. The summed E-state index contributed by atoms with van der Waals surface area (Å²) in [6.07, 6.45) is 0.608. The monoisotopic (exact) mass is 420 g/mol. The van der Waals surface area contributed by atoms with Crippen LogP contribution in [-0.2, 0) is 11.2 Å². The molecule has 1 fully saturated rings. The predicted molar refractivity (Wildman–Crippen MR) is 115 cm³/mol. The van der Waals surface area contributed by atoms with Crippen LogP contribution in [0.3, 0.4) is 0 Å². The van der Waals surface area contributed by atoms with Crippen LogP contribution in [0.15, 0.2) is 51.7 Å². The number of hydrogen-bond donors (Lipinski definition) is 3. The van der Waals surface area contributed by atoms with Gasteiger partial charge in [0, 0.05) is 32.1 Å². The van der Waals surface area contributed by atoms with Crippen molar-refractivity contribution >= 4 is 17.0 Å². The number of fused-ring (bicyclic) bond motifs is 1. The summed E-state index contributed by atoms with van der Waals surface area (Å²) in [5.74, 6) is -0.658. The fourth-order valence-electron chi connectivity index (χ4n) is 4.03. The Bertz CT molecular complexity index is 1180. The molecule has 31 heavy (non-hydrogen) atoms. The SMILES string of the molecule is N#Cc1cccc([C@@H](CNC(=O)Cc2ccc3oc(=O)[nH]c3c2)CN2CC[C@H](O)C2)c1. The topological polar surface area (TPSA) is 122 Å². The minimum absolute atomic E-state index is 0.00439. The number of carbonyl (C=O) groups excluding carboxylic acids is 1. The Kier molecular flexibility index (Phi) is 6.16. The molecule has 1 aliphatic rings. The average Bonchev–Trinajstić information content (AvgIpc) is 3.34. The molecule has 8 heteroatoms. The maximum atomic E-state index is 12.6. The molecule has 0 spiro atoms. The first-order valence-electron chi connectivity index (χ1n) is 10.3. The number of oxazole rings is 1. The van der Waals surface area contributed by atoms with E-state index < -0.39 is 5.76 Å². The molecule has 2 heterocycles. The number of benzene rings is 2. The summed E-state index contributed by atoms with van der Waals surface area (Å²) in [6, 6.07) is 14.8. The summed E-state index contributed by atoms with van der Waals surface area (Å²) in [6.45, 7) is 2.54. The minimum Gasteiger partial charge on any atom is -0.408 e. The Hall–Kier alpha value is -3.41. The third-order valence-electron chi connectivity index (χ3n) is 5.61. The van der Waals surface area contributed by atoms with Crippen LogP contribution in [-0.4, -0.2) is 53.2 Å². The number of β-amino-alcohol motifs (C(OH)–C–C–N with tert-alkyl or cyclic N) is 1. The molecule has 0 radical (unpaired) electrons. The second kappa shape index (κ2) is 9.16. The van der Waals surface area contributed by atoms with Crippen molar-refractivity contribution in [2.75, 3.05) is 26.2 Å². The van der Waals surface area contributed by atoms with Gasteiger partial charge in [-0.1, -0.05) is 18.2 Å². The van der Waals surface area contributed by atoms with Crippen molar-refractivity contribution in [3.8, 4) is 6.07 Å². The molecule has 1 amide bonds. The van der Waals surface area contributed by atoms with Gasteiger partial charge in [-0.15, -0.1) is 0 Å². The lowest BCUT2D eigenvalue weighted by Gasteiger charge is -2.24. The Morgan fingerprint density at radius 1 is 1.35 bits per heavy atom. The molecule has 1 aromatic heterocycles. The van der Waals surface area contributed by atoms with E-state index >= 15 is 0 Å². The molecule has 160 valence electrons. The van der Waals surface area contributed by atoms with Crippen molar-refractivity contribution in [3.05, 3.63) is 69.7 Å². The summed E-state index contributed by atoms with van der Waals surface area (Å²) in [5, 5.41) is 22.1. The molecule has 0 saturated carbocycles. The maximum Gasteiger partial charge on any atom is 0.417 e. The number of aromatic nitrogens is 1. The highest BCUT2D eigenvalue weighted by molar-refractivity contribution is 5.81. The average molecular weight is 420 g/mol. The zero-order valence-corrected chi connectivity index (χ0v) is 17.0. The van der Waals surface area contributed by atoms with Gasteiger partial charge in [-0.05, 0) is 41.8 Å². The number of carbonyl (C=O) groups is 1. The van der Waals surface area contributed by atoms with E-state index in [1.165, 1.54) is 0 Å². The van der Waals surface area contributed by atoms with Crippen molar-refractivity contribution < 1.29 is 14.3 Å². The summed E-state index contributed by atoms with van der Waals surface area (Å²) in [4.78, 5) is 28.7. The summed E-state index contributed by atoms with van der Waals surface area (Å²) < 4.78 is 4.99. The highest BCUT2D eigenvalue weighted by Crippen LogP contribution is 2.21. The van der Waals surface area contributed by atoms with E-state index in [0.717, 1.165) is 24.1 Å². The minimum atomic E-state index is -0.522. The van der Waals surface area contributed by atoms with E-state index in [9.17, 15) is 20.0 Å². The molecule has 2 atom stereocenters. The standard InChI is InChI=1S/C23H24N4O4/c24-11-16-2-1-3-17(8-16)18(13-27-7-6-19(28)14-27)12-25-22(29)10-15-4-5-21-20(9-15)26-23(30)31-21/h1-5,8-9,18-19,28H,6-7,10,12-14H2,(H,25,29)(H,26,30)/t18-,19-/m0/s1. The quantitative estimate of drug-likeness (QED) is 0.532. The number of amides is 1. The molecule has 0 bridgehead atoms. The third kappa shape index (κ3) is 5.20. The number of aliphatic hydroxyl groups excluding tert-OH is 1. The van der Waals surface area contributed by atoms with Gasteiger partial charge in [-0.2, -0.15) is 5.26 Å². The molecule has 2 aromatic carbocycles. The largest absolute Gasteiger partial charge is 0.417 e. The summed E-state index contributed by atoms with van der Waals surface area (Å²) >= 11 is 0. The zero-order valence-electron chi connectivity index (χ0n) is 17.0. The van der Waals surface area contributed by atoms with Crippen molar-refractivity contribution in [3.63, 3.8) is 0 Å². The van der Waals surface area contributed by atoms with Gasteiger partial charge in [0.05, 0.1) is 29.7 Å². The van der Waals surface area contributed by atoms with Gasteiger partial charge < -0.3 is 14.8 Å². The van der Waals surface area contributed by atoms with Gasteiger partial charge in [-0.3, -0.25) is 14.7 Å². The van der Waals surface area contributed by atoms with Crippen LogP contribution in [0.5, 0.6) is 0 Å². The molecule has 0 unspecified atom stereocenters. The molecule has 1 saturated heterocycles. The van der Waals surface area contributed by atoms with Crippen LogP contribution in [0.1, 0.15) is 29.0 Å². The summed E-state index contributed by atoms with van der Waals surface area (Å²) in [7, 11) is 0. The van der Waals surface area contributed by atoms with E-state index in [2.05, 4.69) is 21.3 Å². The number of aromatic amines is 1. The van der Waals surface area contributed by atoms with Crippen LogP contribution in [0.25, 0.3) is 11.1 Å². The van der Waals surface area contributed by atoms with Gasteiger partial charge in [0.15, 0.2) is 5.58 Å². The fraction of sp³-hybridized carbons (Fsp3) is 0.348. The Balaban J connectivity index is 1.43. The number of nitrogens with one attached hydrogen (secondary N) is 2. The van der Waals surface area contributed by atoms with E-state index in [4.69, 9.17) is 4.42 Å². The molecule has 8 nitrogen and oxygen atoms in total. The number of nitriles is 1. The zero-order chi connectivity index (χ0) is 21.8. The van der Waals surface area contributed by atoms with Crippen LogP contribution >= 0.6 is 0 Å². The normalized spacial score (nSPS) is 17.5. The van der Waals surface area contributed by atoms with E-state index in [1.54, 1.807) is 24.3 Å². The van der Waals surface area contributed by atoms with Crippen LogP contribution in [0.4, 0.5) is 0 Å². The number of hydrogen-bond acceptors (Lipinski definition) is 6. The van der Waals surface area contributed by atoms with Gasteiger partial charge >= 0.3 is 5.76 Å². The molecule has 1 aliphatic heterocycles. The second-order valence-electron chi connectivity index (χ2n) is 7.96. The number of likely N-dealkylation sites (tertiary alicyclic amines) is 1. The maximum absolute atomic E-state index is 12.6. The van der Waals surface area contributed by atoms with Crippen LogP contribution < -0.4 is 11.1 Å². The number of aliphatic hydroxyl groups is 1. The molecular weight excluding hydrogens is 396 g/mol. The molecule has 0 aliphatic carbocycles. The van der Waals surface area contributed by atoms with E-state index in [1.807, 2.05) is 18.2 Å². The van der Waals surface area contributed by atoms with Crippen molar-refractivity contribution in [1.29, 1.82) is 5.26 Å². The predicted octanol–water partition coefficient (Wildman–Crippen LogP) is 1.50. The second-order valence-corrected chi connectivity index (χ2v) is 7.96. The van der Waals surface area contributed by atoms with Gasteiger partial charge in [0.1, 0.15) is 0 Å². The lowest BCUT2D eigenvalue weighted by atomic mass is 9.96. The van der Waals surface area contributed by atoms with Crippen molar-refractivity contribution in [2.24, 2.45) is 0 Å². The smallest absolute Gasteiger partial charge is 0.408 e. The van der Waals surface area contributed by atoms with Crippen LogP contribution in [0.2, 0.25) is 0 Å². The van der Waals surface area contributed by atoms with Crippen molar-refractivity contribution in [2.45, 2.75) is 24.9 Å². The number of rotatable bonds is 7. The molecular formula is C23H24N4O4. The van der Waals surface area contributed by atoms with E-state index in [-0.39, 0.29) is 24.3 Å². The van der Waals surface area contributed by atoms with Crippen LogP contribution in [0, 0.1) is 11.3 Å². The molecule has 4 rings (SSSR count). The van der Waals surface area contributed by atoms with Gasteiger partial charge in [-0.25, -0.2) is 4.79 Å². The number of nitrogens with zero attached hydrogens (tertiary/aromatic N) is 2. The Morgan fingerprint density at radius 3 is 3.00 bits per heavy atom. The fourth-order valence-corrected chi connectivity index (χ4v) is 4.03. The molecule has 3 N–H and O–H groups in total. The van der Waals surface area contributed by atoms with Gasteiger partial charge in [0.25, 0.3) is 0 Å². The van der Waals surface area contributed by atoms with Gasteiger partial charge in [0.2, 0.25) is 5.91 Å². The van der Waals surface area contributed by atoms with E-state index in [0.29, 0.717) is 36.3 Å². The first-order chi connectivity index (χ1) is 15.0.